The minimum absolute atomic E-state index is 0.0632. The normalized spacial score (nSPS) is 19.6. The third kappa shape index (κ3) is 6.98. The summed E-state index contributed by atoms with van der Waals surface area (Å²) in [5, 5.41) is 7.08. The first-order chi connectivity index (χ1) is 18.5. The number of unbranched alkanes of at least 4 members (excludes halogenated alkanes) is 2. The van der Waals surface area contributed by atoms with E-state index in [-0.39, 0.29) is 37.6 Å². The molecule has 4 rings (SSSR count). The fourth-order valence-corrected chi connectivity index (χ4v) is 5.56. The number of amides is 5. The highest BCUT2D eigenvalue weighted by Crippen LogP contribution is 2.34. The van der Waals surface area contributed by atoms with Gasteiger partial charge in [0.1, 0.15) is 11.8 Å². The van der Waals surface area contributed by atoms with Crippen LogP contribution < -0.4 is 20.1 Å². The van der Waals surface area contributed by atoms with Crippen LogP contribution in [0.25, 0.3) is 0 Å². The number of nitrogens with zero attached hydrogens (tertiary/aromatic N) is 2. The van der Waals surface area contributed by atoms with Crippen LogP contribution in [0.3, 0.4) is 0 Å². The van der Waals surface area contributed by atoms with Gasteiger partial charge in [-0.15, -0.1) is 11.8 Å². The number of hydrogen-bond donors (Lipinski definition) is 2. The molecule has 1 fully saturated rings. The highest BCUT2D eigenvalue weighted by atomic mass is 32.2. The van der Waals surface area contributed by atoms with Crippen molar-refractivity contribution < 1.29 is 33.4 Å². The maximum absolute atomic E-state index is 13.2. The largest absolute Gasteiger partial charge is 0.454 e. The number of benzene rings is 1. The maximum atomic E-state index is 13.2. The fourth-order valence-electron chi connectivity index (χ4n) is 4.50. The zero-order chi connectivity index (χ0) is 26.9. The van der Waals surface area contributed by atoms with Gasteiger partial charge in [-0.25, -0.2) is 4.79 Å². The van der Waals surface area contributed by atoms with Crippen LogP contribution in [0.15, 0.2) is 29.7 Å². The first-order valence-electron chi connectivity index (χ1n) is 12.8. The zero-order valence-electron chi connectivity index (χ0n) is 21.5. The molecule has 5 amide bonds. The van der Waals surface area contributed by atoms with Crippen LogP contribution in [-0.2, 0) is 25.7 Å². The number of ether oxygens (including phenoxy) is 3. The summed E-state index contributed by atoms with van der Waals surface area (Å²) in [4.78, 5) is 53.5. The van der Waals surface area contributed by atoms with Gasteiger partial charge in [0.25, 0.3) is 0 Å². The Kier molecular flexibility index (Phi) is 9.88. The van der Waals surface area contributed by atoms with Crippen molar-refractivity contribution in [1.82, 2.24) is 20.4 Å². The van der Waals surface area contributed by atoms with Gasteiger partial charge < -0.3 is 29.7 Å². The number of fused-ring (bicyclic) bond motifs is 2. The Morgan fingerprint density at radius 1 is 1.08 bits per heavy atom. The second-order valence-corrected chi connectivity index (χ2v) is 10.3. The van der Waals surface area contributed by atoms with Gasteiger partial charge >= 0.3 is 6.03 Å². The molecule has 3 heterocycles. The maximum Gasteiger partial charge on any atom is 0.327 e. The Morgan fingerprint density at radius 2 is 1.92 bits per heavy atom. The molecule has 0 saturated carbocycles. The van der Waals surface area contributed by atoms with Crippen LogP contribution in [0.1, 0.15) is 37.7 Å². The average Bonchev–Trinajstić information content (AvgIpc) is 3.59. The third-order valence-electron chi connectivity index (χ3n) is 6.53. The SMILES string of the molecule is COCCCNC(=O)CN1C(=O)N(CCCCCC(=O)NCc2ccc3c(c2)OCO3)C(=O)C2SC=CC21. The summed E-state index contributed by atoms with van der Waals surface area (Å²) in [7, 11) is 1.60. The molecule has 12 heteroatoms. The predicted molar refractivity (Wildman–Crippen MR) is 141 cm³/mol. The topological polar surface area (TPSA) is 127 Å². The molecule has 2 N–H and O–H groups in total. The van der Waals surface area contributed by atoms with Gasteiger partial charge in [-0.1, -0.05) is 18.6 Å². The molecule has 1 aromatic carbocycles. The molecule has 0 aliphatic carbocycles. The average molecular weight is 547 g/mol. The molecule has 2 atom stereocenters. The number of urea groups is 1. The van der Waals surface area contributed by atoms with E-state index in [2.05, 4.69) is 10.6 Å². The molecule has 3 aliphatic heterocycles. The van der Waals surface area contributed by atoms with Crippen molar-refractivity contribution in [3.8, 4) is 11.5 Å². The van der Waals surface area contributed by atoms with Crippen LogP contribution >= 0.6 is 11.8 Å². The molecule has 0 bridgehead atoms. The summed E-state index contributed by atoms with van der Waals surface area (Å²) < 4.78 is 15.6. The van der Waals surface area contributed by atoms with Crippen LogP contribution in [0, 0.1) is 0 Å². The van der Waals surface area contributed by atoms with E-state index in [9.17, 15) is 19.2 Å². The smallest absolute Gasteiger partial charge is 0.327 e. The fraction of sp³-hybridized carbons (Fsp3) is 0.538. The van der Waals surface area contributed by atoms with E-state index in [1.807, 2.05) is 29.7 Å². The molecule has 0 spiro atoms. The number of methoxy groups -OCH3 is 1. The number of imide groups is 1. The van der Waals surface area contributed by atoms with Crippen molar-refractivity contribution in [3.63, 3.8) is 0 Å². The summed E-state index contributed by atoms with van der Waals surface area (Å²) in [5.41, 5.74) is 0.926. The Morgan fingerprint density at radius 3 is 2.76 bits per heavy atom. The lowest BCUT2D eigenvalue weighted by Gasteiger charge is -2.41. The number of rotatable bonds is 14. The molecule has 2 unspecified atom stereocenters. The van der Waals surface area contributed by atoms with E-state index < -0.39 is 17.3 Å². The molecule has 3 aliphatic rings. The van der Waals surface area contributed by atoms with Crippen LogP contribution in [-0.4, -0.2) is 85.0 Å². The summed E-state index contributed by atoms with van der Waals surface area (Å²) in [6.07, 6.45) is 4.75. The number of carbonyl (C=O) groups is 4. The second kappa shape index (κ2) is 13.5. The van der Waals surface area contributed by atoms with Gasteiger partial charge in [0.2, 0.25) is 24.5 Å². The third-order valence-corrected chi connectivity index (χ3v) is 7.62. The number of hydrogen-bond acceptors (Lipinski definition) is 8. The molecular weight excluding hydrogens is 512 g/mol. The first kappa shape index (κ1) is 27.8. The summed E-state index contributed by atoms with van der Waals surface area (Å²) in [6, 6.07) is 4.70. The van der Waals surface area contributed by atoms with Crippen molar-refractivity contribution in [2.24, 2.45) is 0 Å². The molecule has 206 valence electrons. The Hall–Kier alpha value is -3.25. The van der Waals surface area contributed by atoms with Crippen molar-refractivity contribution in [1.29, 1.82) is 0 Å². The van der Waals surface area contributed by atoms with Crippen LogP contribution in [0.2, 0.25) is 0 Å². The number of carbonyl (C=O) groups excluding carboxylic acids is 4. The minimum atomic E-state index is -0.447. The lowest BCUT2D eigenvalue weighted by Crippen LogP contribution is -2.63. The van der Waals surface area contributed by atoms with E-state index in [4.69, 9.17) is 14.2 Å². The van der Waals surface area contributed by atoms with E-state index in [0.29, 0.717) is 63.3 Å². The Balaban J connectivity index is 1.18. The number of thioether (sulfide) groups is 1. The minimum Gasteiger partial charge on any atom is -0.454 e. The van der Waals surface area contributed by atoms with Crippen molar-refractivity contribution in [2.75, 3.05) is 40.1 Å². The highest BCUT2D eigenvalue weighted by molar-refractivity contribution is 8.03. The van der Waals surface area contributed by atoms with E-state index in [0.717, 1.165) is 5.56 Å². The van der Waals surface area contributed by atoms with Crippen molar-refractivity contribution in [2.45, 2.75) is 49.9 Å². The van der Waals surface area contributed by atoms with Gasteiger partial charge in [-0.05, 0) is 42.4 Å². The Labute approximate surface area is 226 Å². The Bertz CT molecular complexity index is 1070. The lowest BCUT2D eigenvalue weighted by molar-refractivity contribution is -0.133. The number of nitrogens with one attached hydrogen (secondary N) is 2. The first-order valence-corrected chi connectivity index (χ1v) is 13.8. The molecule has 1 saturated heterocycles. The van der Waals surface area contributed by atoms with E-state index >= 15 is 0 Å². The molecule has 0 aromatic heterocycles. The lowest BCUT2D eigenvalue weighted by atomic mass is 10.1. The summed E-state index contributed by atoms with van der Waals surface area (Å²) in [6.45, 7) is 1.75. The van der Waals surface area contributed by atoms with Gasteiger partial charge in [-0.2, -0.15) is 0 Å². The van der Waals surface area contributed by atoms with Gasteiger partial charge in [0, 0.05) is 39.8 Å². The standard InChI is InChI=1S/C26H34N4O7S/c1-35-12-5-10-27-23(32)16-30-19-9-13-38-24(19)25(33)29(26(30)34)11-4-2-3-6-22(31)28-15-18-7-8-20-21(14-18)37-17-36-20/h7-9,13-14,19,24H,2-6,10-12,15-17H2,1H3,(H,27,32)(H,28,31). The highest BCUT2D eigenvalue weighted by Gasteiger charge is 2.47. The summed E-state index contributed by atoms with van der Waals surface area (Å²) in [5.74, 6) is 0.825. The predicted octanol–water partition coefficient (Wildman–Crippen LogP) is 2.01. The van der Waals surface area contributed by atoms with Crippen molar-refractivity contribution in [3.05, 3.63) is 35.2 Å². The van der Waals surface area contributed by atoms with Gasteiger partial charge in [0.05, 0.1) is 6.04 Å². The molecule has 38 heavy (non-hydrogen) atoms. The van der Waals surface area contributed by atoms with Crippen LogP contribution in [0.4, 0.5) is 4.79 Å². The second-order valence-electron chi connectivity index (χ2n) is 9.25. The quantitative estimate of drug-likeness (QED) is 0.340. The molecule has 1 aromatic rings. The van der Waals surface area contributed by atoms with Crippen LogP contribution in [0.5, 0.6) is 11.5 Å². The van der Waals surface area contributed by atoms with E-state index in [1.54, 1.807) is 7.11 Å². The van der Waals surface area contributed by atoms with Gasteiger partial charge in [0.15, 0.2) is 11.5 Å². The summed E-state index contributed by atoms with van der Waals surface area (Å²) >= 11 is 1.37. The molecule has 11 nitrogen and oxygen atoms in total. The molecule has 0 radical (unpaired) electrons. The molecular formula is C26H34N4O7S. The van der Waals surface area contributed by atoms with Gasteiger partial charge in [-0.3, -0.25) is 19.3 Å². The zero-order valence-corrected chi connectivity index (χ0v) is 22.3. The van der Waals surface area contributed by atoms with Crippen molar-refractivity contribution >= 4 is 35.5 Å². The monoisotopic (exact) mass is 546 g/mol. The van der Waals surface area contributed by atoms with E-state index in [1.165, 1.54) is 21.6 Å².